The second-order valence-electron chi connectivity index (χ2n) is 5.49. The summed E-state index contributed by atoms with van der Waals surface area (Å²) in [5.41, 5.74) is 2.56. The van der Waals surface area contributed by atoms with Gasteiger partial charge in [0.1, 0.15) is 6.10 Å². The number of carbonyl (C=O) groups is 1. The molecule has 0 aliphatic carbocycles. The smallest absolute Gasteiger partial charge is 0.257 e. The van der Waals surface area contributed by atoms with Crippen molar-refractivity contribution in [3.05, 3.63) is 53.7 Å². The number of pyridine rings is 1. The molecule has 1 aliphatic heterocycles. The molecule has 1 amide bonds. The largest absolute Gasteiger partial charge is 0.473 e. The summed E-state index contributed by atoms with van der Waals surface area (Å²) in [6.45, 7) is 2.10. The van der Waals surface area contributed by atoms with Gasteiger partial charge in [-0.2, -0.15) is 11.8 Å². The third-order valence-electron chi connectivity index (χ3n) is 3.79. The van der Waals surface area contributed by atoms with Gasteiger partial charge in [-0.15, -0.1) is 0 Å². The summed E-state index contributed by atoms with van der Waals surface area (Å²) in [4.78, 5) is 16.5. The molecule has 2 heterocycles. The minimum absolute atomic E-state index is 0.162. The maximum Gasteiger partial charge on any atom is 0.257 e. The molecule has 1 unspecified atom stereocenters. The first kappa shape index (κ1) is 15.9. The molecule has 1 aromatic carbocycles. The van der Waals surface area contributed by atoms with Crippen LogP contribution in [0.15, 0.2) is 42.6 Å². The summed E-state index contributed by atoms with van der Waals surface area (Å²) in [6, 6.07) is 11.4. The molecule has 0 saturated carbocycles. The molecule has 4 nitrogen and oxygen atoms in total. The summed E-state index contributed by atoms with van der Waals surface area (Å²) >= 11 is 1.90. The van der Waals surface area contributed by atoms with Crippen LogP contribution in [0.4, 0.5) is 5.69 Å². The molecule has 23 heavy (non-hydrogen) atoms. The van der Waals surface area contributed by atoms with Crippen LogP contribution in [-0.4, -0.2) is 28.5 Å². The number of aryl methyl sites for hydroxylation is 1. The van der Waals surface area contributed by atoms with Crippen LogP contribution in [-0.2, 0) is 6.42 Å². The van der Waals surface area contributed by atoms with E-state index in [-0.39, 0.29) is 12.0 Å². The van der Waals surface area contributed by atoms with E-state index in [0.29, 0.717) is 11.4 Å². The maximum atomic E-state index is 12.2. The van der Waals surface area contributed by atoms with Gasteiger partial charge in [0, 0.05) is 23.7 Å². The number of hydrogen-bond acceptors (Lipinski definition) is 4. The van der Waals surface area contributed by atoms with E-state index in [9.17, 15) is 4.79 Å². The average Bonchev–Trinajstić information content (AvgIpc) is 3.09. The Balaban J connectivity index is 1.60. The first-order chi connectivity index (χ1) is 11.2. The molecule has 1 saturated heterocycles. The molecule has 3 rings (SSSR count). The molecular weight excluding hydrogens is 308 g/mol. The normalized spacial score (nSPS) is 17.0. The van der Waals surface area contributed by atoms with Gasteiger partial charge < -0.3 is 10.1 Å². The lowest BCUT2D eigenvalue weighted by Crippen LogP contribution is -2.16. The van der Waals surface area contributed by atoms with E-state index >= 15 is 0 Å². The highest BCUT2D eigenvalue weighted by Gasteiger charge is 2.17. The van der Waals surface area contributed by atoms with E-state index in [4.69, 9.17) is 4.74 Å². The van der Waals surface area contributed by atoms with Gasteiger partial charge in [0.05, 0.1) is 5.56 Å². The predicted octanol–water partition coefficient (Wildman–Crippen LogP) is 3.78. The van der Waals surface area contributed by atoms with Crippen LogP contribution in [0, 0.1) is 0 Å². The van der Waals surface area contributed by atoms with Crippen molar-refractivity contribution in [2.45, 2.75) is 25.9 Å². The Morgan fingerprint density at radius 1 is 1.30 bits per heavy atom. The average molecular weight is 328 g/mol. The molecule has 0 radical (unpaired) electrons. The van der Waals surface area contributed by atoms with Crippen molar-refractivity contribution >= 4 is 23.4 Å². The maximum absolute atomic E-state index is 12.2. The van der Waals surface area contributed by atoms with E-state index < -0.39 is 0 Å². The SMILES string of the molecule is CCc1ccc(NC(=O)c2ccc(OC3CCSC3)nc2)cc1. The predicted molar refractivity (Wildman–Crippen MR) is 94.4 cm³/mol. The van der Waals surface area contributed by atoms with Gasteiger partial charge in [-0.25, -0.2) is 4.98 Å². The van der Waals surface area contributed by atoms with Crippen molar-refractivity contribution in [3.63, 3.8) is 0 Å². The third kappa shape index (κ3) is 4.26. The molecule has 0 bridgehead atoms. The van der Waals surface area contributed by atoms with Crippen molar-refractivity contribution in [3.8, 4) is 5.88 Å². The molecule has 1 aromatic heterocycles. The van der Waals surface area contributed by atoms with Crippen molar-refractivity contribution in [1.82, 2.24) is 4.98 Å². The van der Waals surface area contributed by atoms with Crippen LogP contribution in [0.25, 0.3) is 0 Å². The lowest BCUT2D eigenvalue weighted by molar-refractivity contribution is 0.102. The molecule has 5 heteroatoms. The monoisotopic (exact) mass is 328 g/mol. The number of anilines is 1. The van der Waals surface area contributed by atoms with Crippen molar-refractivity contribution in [2.24, 2.45) is 0 Å². The number of nitrogens with zero attached hydrogens (tertiary/aromatic N) is 1. The number of ether oxygens (including phenoxy) is 1. The van der Waals surface area contributed by atoms with Gasteiger partial charge in [-0.3, -0.25) is 4.79 Å². The number of amides is 1. The Morgan fingerprint density at radius 2 is 2.13 bits per heavy atom. The molecular formula is C18H20N2O2S. The molecule has 120 valence electrons. The highest BCUT2D eigenvalue weighted by Crippen LogP contribution is 2.22. The topological polar surface area (TPSA) is 51.2 Å². The molecule has 1 N–H and O–H groups in total. The van der Waals surface area contributed by atoms with Crippen LogP contribution in [0.5, 0.6) is 5.88 Å². The number of rotatable bonds is 5. The number of nitrogens with one attached hydrogen (secondary N) is 1. The zero-order valence-corrected chi connectivity index (χ0v) is 13.9. The number of aromatic nitrogens is 1. The Hall–Kier alpha value is -2.01. The number of benzene rings is 1. The van der Waals surface area contributed by atoms with Crippen LogP contribution in [0.2, 0.25) is 0 Å². The Bertz CT molecular complexity index is 650. The van der Waals surface area contributed by atoms with Gasteiger partial charge in [-0.05, 0) is 42.4 Å². The zero-order valence-electron chi connectivity index (χ0n) is 13.1. The van der Waals surface area contributed by atoms with Crippen LogP contribution >= 0.6 is 11.8 Å². The van der Waals surface area contributed by atoms with E-state index in [1.165, 1.54) is 5.56 Å². The van der Waals surface area contributed by atoms with Crippen LogP contribution in [0.3, 0.4) is 0 Å². The first-order valence-electron chi connectivity index (χ1n) is 7.85. The molecule has 1 aliphatic rings. The van der Waals surface area contributed by atoms with E-state index in [1.807, 2.05) is 36.0 Å². The number of carbonyl (C=O) groups excluding carboxylic acids is 1. The van der Waals surface area contributed by atoms with Gasteiger partial charge in [0.15, 0.2) is 0 Å². The molecule has 1 fully saturated rings. The second kappa shape index (κ2) is 7.51. The molecule has 1 atom stereocenters. The quantitative estimate of drug-likeness (QED) is 0.907. The summed E-state index contributed by atoms with van der Waals surface area (Å²) in [5, 5.41) is 2.88. The van der Waals surface area contributed by atoms with E-state index in [2.05, 4.69) is 17.2 Å². The minimum Gasteiger partial charge on any atom is -0.473 e. The van der Waals surface area contributed by atoms with Gasteiger partial charge >= 0.3 is 0 Å². The Morgan fingerprint density at radius 3 is 2.74 bits per heavy atom. The first-order valence-corrected chi connectivity index (χ1v) is 9.01. The van der Waals surface area contributed by atoms with Crippen molar-refractivity contribution < 1.29 is 9.53 Å². The standard InChI is InChI=1S/C18H20N2O2S/c1-2-13-3-6-15(7-4-13)20-18(21)14-5-8-17(19-11-14)22-16-9-10-23-12-16/h3-8,11,16H,2,9-10,12H2,1H3,(H,20,21). The van der Waals surface area contributed by atoms with Gasteiger partial charge in [0.25, 0.3) is 5.91 Å². The molecule has 0 spiro atoms. The highest BCUT2D eigenvalue weighted by molar-refractivity contribution is 7.99. The van der Waals surface area contributed by atoms with Gasteiger partial charge in [0.2, 0.25) is 5.88 Å². The molecule has 2 aromatic rings. The minimum atomic E-state index is -0.162. The zero-order chi connectivity index (χ0) is 16.1. The van der Waals surface area contributed by atoms with Crippen molar-refractivity contribution in [2.75, 3.05) is 16.8 Å². The van der Waals surface area contributed by atoms with E-state index in [1.54, 1.807) is 18.3 Å². The lowest BCUT2D eigenvalue weighted by Gasteiger charge is -2.11. The Labute approximate surface area is 140 Å². The summed E-state index contributed by atoms with van der Waals surface area (Å²) in [7, 11) is 0. The summed E-state index contributed by atoms with van der Waals surface area (Å²) < 4.78 is 5.79. The fraction of sp³-hybridized carbons (Fsp3) is 0.333. The van der Waals surface area contributed by atoms with Crippen LogP contribution in [0.1, 0.15) is 29.3 Å². The lowest BCUT2D eigenvalue weighted by atomic mass is 10.1. The number of hydrogen-bond donors (Lipinski definition) is 1. The summed E-state index contributed by atoms with van der Waals surface area (Å²) in [5.74, 6) is 2.57. The number of thioether (sulfide) groups is 1. The van der Waals surface area contributed by atoms with E-state index in [0.717, 1.165) is 30.0 Å². The summed E-state index contributed by atoms with van der Waals surface area (Å²) in [6.07, 6.45) is 3.85. The third-order valence-corrected chi connectivity index (χ3v) is 4.93. The van der Waals surface area contributed by atoms with Crippen molar-refractivity contribution in [1.29, 1.82) is 0 Å². The highest BCUT2D eigenvalue weighted by atomic mass is 32.2. The second-order valence-corrected chi connectivity index (χ2v) is 6.64. The fourth-order valence-corrected chi connectivity index (χ4v) is 3.48. The fourth-order valence-electron chi connectivity index (χ4n) is 2.39. The van der Waals surface area contributed by atoms with Gasteiger partial charge in [-0.1, -0.05) is 19.1 Å². The Kier molecular flexibility index (Phi) is 5.18. The van der Waals surface area contributed by atoms with Crippen LogP contribution < -0.4 is 10.1 Å².